The van der Waals surface area contributed by atoms with Gasteiger partial charge in [0, 0.05) is 25.5 Å². The van der Waals surface area contributed by atoms with Gasteiger partial charge in [-0.2, -0.15) is 5.10 Å². The molecule has 0 atom stereocenters. The summed E-state index contributed by atoms with van der Waals surface area (Å²) in [5, 5.41) is 7.37. The lowest BCUT2D eigenvalue weighted by Crippen LogP contribution is -2.27. The summed E-state index contributed by atoms with van der Waals surface area (Å²) < 4.78 is 7.34. The second-order valence-electron chi connectivity index (χ2n) is 8.25. The van der Waals surface area contributed by atoms with E-state index >= 15 is 0 Å². The molecule has 0 bridgehead atoms. The van der Waals surface area contributed by atoms with Crippen molar-refractivity contribution in [1.29, 1.82) is 0 Å². The van der Waals surface area contributed by atoms with Crippen LogP contribution in [0.4, 0.5) is 5.69 Å². The Bertz CT molecular complexity index is 830. The highest BCUT2D eigenvalue weighted by Gasteiger charge is 2.23. The van der Waals surface area contributed by atoms with Gasteiger partial charge in [-0.15, -0.1) is 0 Å². The number of likely N-dealkylation sites (N-methyl/N-ethyl adjacent to an activating group) is 1. The average molecular weight is 386 g/mol. The van der Waals surface area contributed by atoms with Crippen LogP contribution in [0.5, 0.6) is 5.75 Å². The van der Waals surface area contributed by atoms with Crippen LogP contribution in [0.3, 0.4) is 0 Å². The van der Waals surface area contributed by atoms with Crippen molar-refractivity contribution in [3.8, 4) is 5.75 Å². The summed E-state index contributed by atoms with van der Waals surface area (Å²) in [6.45, 7) is 10.3. The second-order valence-corrected chi connectivity index (χ2v) is 8.25. The van der Waals surface area contributed by atoms with Gasteiger partial charge in [0.2, 0.25) is 0 Å². The number of rotatable bonds is 6. The van der Waals surface area contributed by atoms with Gasteiger partial charge in [0.25, 0.3) is 11.8 Å². The first-order valence-electron chi connectivity index (χ1n) is 9.34. The Morgan fingerprint density at radius 3 is 2.25 bits per heavy atom. The molecule has 7 heteroatoms. The maximum atomic E-state index is 12.6. The van der Waals surface area contributed by atoms with Gasteiger partial charge in [0.05, 0.1) is 5.54 Å². The number of amides is 2. The van der Waals surface area contributed by atoms with Crippen molar-refractivity contribution in [3.63, 3.8) is 0 Å². The summed E-state index contributed by atoms with van der Waals surface area (Å²) in [5.41, 5.74) is 1.83. The number of nitrogens with one attached hydrogen (secondary N) is 1. The lowest BCUT2D eigenvalue weighted by Gasteiger charge is -2.23. The minimum absolute atomic E-state index is 0.0269. The molecule has 0 aliphatic rings. The number of benzene rings is 1. The van der Waals surface area contributed by atoms with Gasteiger partial charge in [0.15, 0.2) is 12.3 Å². The van der Waals surface area contributed by atoms with E-state index in [1.807, 2.05) is 10.7 Å². The summed E-state index contributed by atoms with van der Waals surface area (Å²) in [7, 11) is 3.35. The predicted molar refractivity (Wildman–Crippen MR) is 110 cm³/mol. The number of hydrogen-bond donors (Lipinski definition) is 1. The smallest absolute Gasteiger partial charge is 0.276 e. The largest absolute Gasteiger partial charge is 0.484 e. The standard InChI is InChI=1S/C21H30N4O3/c1-14(2)18-12-17(23-25(18)21(3,4)5)20(27)22-15-8-10-16(11-9-15)28-13-19(26)24(6)7/h8-12,14H,13H2,1-7H3,(H,22,27). The van der Waals surface area contributed by atoms with Crippen molar-refractivity contribution in [1.82, 2.24) is 14.7 Å². The molecule has 2 aromatic rings. The molecule has 1 N–H and O–H groups in total. The third kappa shape index (κ3) is 5.34. The van der Waals surface area contributed by atoms with Crippen LogP contribution < -0.4 is 10.1 Å². The molecule has 2 rings (SSSR count). The fourth-order valence-corrected chi connectivity index (χ4v) is 2.56. The Morgan fingerprint density at radius 1 is 1.18 bits per heavy atom. The van der Waals surface area contributed by atoms with Gasteiger partial charge in [-0.25, -0.2) is 0 Å². The molecule has 0 saturated heterocycles. The second kappa shape index (κ2) is 8.46. The quantitative estimate of drug-likeness (QED) is 0.825. The number of carbonyl (C=O) groups is 2. The minimum atomic E-state index is -0.263. The van der Waals surface area contributed by atoms with Gasteiger partial charge in [-0.3, -0.25) is 14.3 Å². The third-order valence-corrected chi connectivity index (χ3v) is 4.17. The normalized spacial score (nSPS) is 11.4. The van der Waals surface area contributed by atoms with Gasteiger partial charge in [-0.1, -0.05) is 13.8 Å². The maximum Gasteiger partial charge on any atom is 0.276 e. The summed E-state index contributed by atoms with van der Waals surface area (Å²) in [5.74, 6) is 0.441. The highest BCUT2D eigenvalue weighted by atomic mass is 16.5. The number of anilines is 1. The molecular formula is C21H30N4O3. The zero-order valence-corrected chi connectivity index (χ0v) is 17.7. The predicted octanol–water partition coefficient (Wildman–Crippen LogP) is 3.48. The highest BCUT2D eigenvalue weighted by Crippen LogP contribution is 2.24. The topological polar surface area (TPSA) is 76.5 Å². The van der Waals surface area contributed by atoms with Crippen molar-refractivity contribution < 1.29 is 14.3 Å². The van der Waals surface area contributed by atoms with Crippen LogP contribution in [0.2, 0.25) is 0 Å². The van der Waals surface area contributed by atoms with E-state index in [1.165, 1.54) is 4.90 Å². The van der Waals surface area contributed by atoms with Gasteiger partial charge in [-0.05, 0) is 57.0 Å². The maximum absolute atomic E-state index is 12.6. The van der Waals surface area contributed by atoms with Crippen molar-refractivity contribution in [2.45, 2.75) is 46.1 Å². The molecule has 7 nitrogen and oxygen atoms in total. The van der Waals surface area contributed by atoms with Crippen LogP contribution in [0, 0.1) is 0 Å². The fraction of sp³-hybridized carbons (Fsp3) is 0.476. The van der Waals surface area contributed by atoms with Crippen molar-refractivity contribution >= 4 is 17.5 Å². The molecule has 0 spiro atoms. The molecule has 1 heterocycles. The van der Waals surface area contributed by atoms with E-state index in [9.17, 15) is 9.59 Å². The van der Waals surface area contributed by atoms with E-state index in [2.05, 4.69) is 45.0 Å². The van der Waals surface area contributed by atoms with Gasteiger partial charge < -0.3 is 15.0 Å². The minimum Gasteiger partial charge on any atom is -0.484 e. The number of hydrogen-bond acceptors (Lipinski definition) is 4. The van der Waals surface area contributed by atoms with E-state index in [0.29, 0.717) is 17.1 Å². The van der Waals surface area contributed by atoms with Gasteiger partial charge >= 0.3 is 0 Å². The summed E-state index contributed by atoms with van der Waals surface area (Å²) >= 11 is 0. The molecule has 0 aliphatic carbocycles. The van der Waals surface area contributed by atoms with E-state index < -0.39 is 0 Å². The average Bonchev–Trinajstić information content (AvgIpc) is 3.07. The number of carbonyl (C=O) groups excluding carboxylic acids is 2. The third-order valence-electron chi connectivity index (χ3n) is 4.17. The fourth-order valence-electron chi connectivity index (χ4n) is 2.56. The first kappa shape index (κ1) is 21.5. The Kier molecular flexibility index (Phi) is 6.48. The van der Waals surface area contributed by atoms with Crippen LogP contribution in [0.25, 0.3) is 0 Å². The van der Waals surface area contributed by atoms with Crippen LogP contribution >= 0.6 is 0 Å². The molecular weight excluding hydrogens is 356 g/mol. The molecule has 0 fully saturated rings. The Hall–Kier alpha value is -2.83. The molecule has 2 amide bonds. The zero-order valence-electron chi connectivity index (χ0n) is 17.7. The summed E-state index contributed by atoms with van der Waals surface area (Å²) in [6, 6.07) is 8.74. The van der Waals surface area contributed by atoms with Gasteiger partial charge in [0.1, 0.15) is 5.75 Å². The zero-order chi connectivity index (χ0) is 21.1. The number of nitrogens with zero attached hydrogens (tertiary/aromatic N) is 3. The Morgan fingerprint density at radius 2 is 1.79 bits per heavy atom. The van der Waals surface area contributed by atoms with Crippen LogP contribution in [-0.4, -0.2) is 47.2 Å². The Balaban J connectivity index is 2.08. The van der Waals surface area contributed by atoms with E-state index in [-0.39, 0.29) is 29.9 Å². The number of ether oxygens (including phenoxy) is 1. The van der Waals surface area contributed by atoms with Crippen LogP contribution in [0.15, 0.2) is 30.3 Å². The van der Waals surface area contributed by atoms with E-state index in [4.69, 9.17) is 4.74 Å². The van der Waals surface area contributed by atoms with Crippen molar-refractivity contribution in [3.05, 3.63) is 41.7 Å². The SMILES string of the molecule is CC(C)c1cc(C(=O)Nc2ccc(OCC(=O)N(C)C)cc2)nn1C(C)(C)C. The molecule has 1 aromatic heterocycles. The molecule has 0 saturated carbocycles. The summed E-state index contributed by atoms with van der Waals surface area (Å²) in [4.78, 5) is 25.7. The van der Waals surface area contributed by atoms with E-state index in [1.54, 1.807) is 38.4 Å². The molecule has 0 unspecified atom stereocenters. The van der Waals surface area contributed by atoms with E-state index in [0.717, 1.165) is 5.69 Å². The lowest BCUT2D eigenvalue weighted by atomic mass is 10.1. The van der Waals surface area contributed by atoms with Crippen molar-refractivity contribution in [2.75, 3.05) is 26.0 Å². The first-order chi connectivity index (χ1) is 13.0. The molecule has 0 aliphatic heterocycles. The molecule has 28 heavy (non-hydrogen) atoms. The monoisotopic (exact) mass is 386 g/mol. The molecule has 0 radical (unpaired) electrons. The number of aromatic nitrogens is 2. The summed E-state index contributed by atoms with van der Waals surface area (Å²) in [6.07, 6.45) is 0. The molecule has 1 aromatic carbocycles. The van der Waals surface area contributed by atoms with Crippen LogP contribution in [0.1, 0.15) is 56.7 Å². The molecule has 152 valence electrons. The highest BCUT2D eigenvalue weighted by molar-refractivity contribution is 6.03. The van der Waals surface area contributed by atoms with Crippen molar-refractivity contribution in [2.24, 2.45) is 0 Å². The first-order valence-corrected chi connectivity index (χ1v) is 9.34. The lowest BCUT2D eigenvalue weighted by molar-refractivity contribution is -0.130. The van der Waals surface area contributed by atoms with Crippen LogP contribution in [-0.2, 0) is 10.3 Å². The Labute approximate surface area is 166 Å².